The maximum Gasteiger partial charge on any atom is 0.338 e. The molecule has 2 aromatic carbocycles. The highest BCUT2D eigenvalue weighted by Gasteiger charge is 2.22. The first-order chi connectivity index (χ1) is 11.6. The lowest BCUT2D eigenvalue weighted by Gasteiger charge is -2.13. The van der Waals surface area contributed by atoms with E-state index in [1.165, 1.54) is 13.0 Å². The van der Waals surface area contributed by atoms with Crippen LogP contribution >= 0.6 is 0 Å². The maximum absolute atomic E-state index is 12.3. The minimum Gasteiger partial charge on any atom is -0.497 e. The summed E-state index contributed by atoms with van der Waals surface area (Å²) in [5, 5.41) is 0. The van der Waals surface area contributed by atoms with Crippen LogP contribution in [0.3, 0.4) is 0 Å². The number of ketones is 1. The number of carbonyl (C=O) groups is 2. The molecule has 2 aromatic rings. The van der Waals surface area contributed by atoms with Crippen molar-refractivity contribution in [2.45, 2.75) is 13.0 Å². The number of rotatable bonds is 5. The van der Waals surface area contributed by atoms with Crippen LogP contribution in [-0.4, -0.2) is 31.8 Å². The largest absolute Gasteiger partial charge is 0.497 e. The van der Waals surface area contributed by atoms with E-state index in [4.69, 9.17) is 18.9 Å². The van der Waals surface area contributed by atoms with Crippen LogP contribution in [0.15, 0.2) is 42.5 Å². The summed E-state index contributed by atoms with van der Waals surface area (Å²) in [5.41, 5.74) is 0.746. The van der Waals surface area contributed by atoms with Gasteiger partial charge in [0.05, 0.1) is 12.7 Å². The number of ether oxygens (including phenoxy) is 4. The van der Waals surface area contributed by atoms with Crippen LogP contribution in [0.25, 0.3) is 0 Å². The van der Waals surface area contributed by atoms with E-state index in [1.807, 2.05) is 0 Å². The van der Waals surface area contributed by atoms with Crippen LogP contribution in [0.5, 0.6) is 17.2 Å². The van der Waals surface area contributed by atoms with Gasteiger partial charge in [-0.25, -0.2) is 4.79 Å². The molecule has 124 valence electrons. The monoisotopic (exact) mass is 328 g/mol. The second kappa shape index (κ2) is 6.62. The van der Waals surface area contributed by atoms with Gasteiger partial charge in [-0.15, -0.1) is 0 Å². The Balaban J connectivity index is 1.67. The molecule has 0 saturated heterocycles. The molecule has 3 rings (SSSR count). The lowest BCUT2D eigenvalue weighted by atomic mass is 10.1. The summed E-state index contributed by atoms with van der Waals surface area (Å²) in [4.78, 5) is 24.5. The number of methoxy groups -OCH3 is 1. The minimum atomic E-state index is -0.906. The molecule has 0 aliphatic carbocycles. The number of hydrogen-bond acceptors (Lipinski definition) is 6. The first-order valence-electron chi connectivity index (χ1n) is 7.37. The van der Waals surface area contributed by atoms with Gasteiger partial charge in [0.25, 0.3) is 0 Å². The van der Waals surface area contributed by atoms with E-state index in [1.54, 1.807) is 43.5 Å². The number of benzene rings is 2. The molecule has 1 atom stereocenters. The van der Waals surface area contributed by atoms with E-state index in [2.05, 4.69) is 0 Å². The van der Waals surface area contributed by atoms with Crippen molar-refractivity contribution in [1.82, 2.24) is 0 Å². The van der Waals surface area contributed by atoms with Gasteiger partial charge in [-0.1, -0.05) is 0 Å². The van der Waals surface area contributed by atoms with E-state index in [0.717, 1.165) is 0 Å². The van der Waals surface area contributed by atoms with E-state index in [0.29, 0.717) is 28.4 Å². The molecule has 0 saturated carbocycles. The summed E-state index contributed by atoms with van der Waals surface area (Å²) in [6.45, 7) is 1.66. The molecule has 1 aliphatic rings. The Labute approximate surface area is 138 Å². The van der Waals surface area contributed by atoms with E-state index >= 15 is 0 Å². The fraction of sp³-hybridized carbons (Fsp3) is 0.222. The highest BCUT2D eigenvalue weighted by atomic mass is 16.7. The molecular weight excluding hydrogens is 312 g/mol. The molecule has 0 radical (unpaired) electrons. The Bertz CT molecular complexity index is 766. The number of carbonyl (C=O) groups excluding carboxylic acids is 2. The van der Waals surface area contributed by atoms with Gasteiger partial charge in [-0.2, -0.15) is 0 Å². The zero-order valence-electron chi connectivity index (χ0n) is 13.3. The Morgan fingerprint density at radius 3 is 2.38 bits per heavy atom. The molecule has 6 heteroatoms. The van der Waals surface area contributed by atoms with Gasteiger partial charge >= 0.3 is 5.97 Å². The third-order valence-electron chi connectivity index (χ3n) is 3.64. The van der Waals surface area contributed by atoms with Crippen molar-refractivity contribution in [2.24, 2.45) is 0 Å². The number of hydrogen-bond donors (Lipinski definition) is 0. The predicted molar refractivity (Wildman–Crippen MR) is 84.8 cm³/mol. The third-order valence-corrected chi connectivity index (χ3v) is 3.64. The van der Waals surface area contributed by atoms with Crippen LogP contribution in [0.4, 0.5) is 0 Å². The van der Waals surface area contributed by atoms with Crippen LogP contribution in [0.1, 0.15) is 27.6 Å². The molecule has 0 spiro atoms. The highest BCUT2D eigenvalue weighted by Crippen LogP contribution is 2.32. The Morgan fingerprint density at radius 2 is 1.67 bits per heavy atom. The first-order valence-corrected chi connectivity index (χ1v) is 7.37. The topological polar surface area (TPSA) is 71.1 Å². The molecule has 1 heterocycles. The summed E-state index contributed by atoms with van der Waals surface area (Å²) in [6, 6.07) is 11.4. The molecule has 1 aliphatic heterocycles. The van der Waals surface area contributed by atoms with Crippen molar-refractivity contribution in [3.8, 4) is 17.2 Å². The summed E-state index contributed by atoms with van der Waals surface area (Å²) in [6.07, 6.45) is -0.906. The van der Waals surface area contributed by atoms with Crippen molar-refractivity contribution in [3.05, 3.63) is 53.6 Å². The molecule has 0 amide bonds. The maximum atomic E-state index is 12.3. The molecule has 0 aromatic heterocycles. The average molecular weight is 328 g/mol. The second-order valence-electron chi connectivity index (χ2n) is 5.21. The molecule has 0 fully saturated rings. The molecule has 24 heavy (non-hydrogen) atoms. The SMILES string of the molecule is COc1ccc(C(=O)[C@H](C)OC(=O)c2ccc3c(c2)OCO3)cc1. The lowest BCUT2D eigenvalue weighted by Crippen LogP contribution is -2.24. The summed E-state index contributed by atoms with van der Waals surface area (Å²) in [5.74, 6) is 0.832. The smallest absolute Gasteiger partial charge is 0.338 e. The number of Topliss-reactive ketones (excluding diaryl/α,β-unsaturated/α-hetero) is 1. The fourth-order valence-corrected chi connectivity index (χ4v) is 2.30. The Morgan fingerprint density at radius 1 is 1.00 bits per heavy atom. The van der Waals surface area contributed by atoms with E-state index in [-0.39, 0.29) is 12.6 Å². The second-order valence-corrected chi connectivity index (χ2v) is 5.21. The van der Waals surface area contributed by atoms with Gasteiger partial charge < -0.3 is 18.9 Å². The van der Waals surface area contributed by atoms with Gasteiger partial charge in [-0.3, -0.25) is 4.79 Å². The zero-order chi connectivity index (χ0) is 17.1. The molecule has 0 bridgehead atoms. The zero-order valence-corrected chi connectivity index (χ0v) is 13.3. The fourth-order valence-electron chi connectivity index (χ4n) is 2.30. The molecular formula is C18H16O6. The standard InChI is InChI=1S/C18H16O6/c1-11(17(19)12-3-6-14(21-2)7-4-12)24-18(20)13-5-8-15-16(9-13)23-10-22-15/h3-9,11H,10H2,1-2H3/t11-/m0/s1. The van der Waals surface area contributed by atoms with Crippen molar-refractivity contribution in [3.63, 3.8) is 0 Å². The Hall–Kier alpha value is -3.02. The van der Waals surface area contributed by atoms with E-state index < -0.39 is 12.1 Å². The van der Waals surface area contributed by atoms with Gasteiger partial charge in [0.15, 0.2) is 17.6 Å². The van der Waals surface area contributed by atoms with E-state index in [9.17, 15) is 9.59 Å². The van der Waals surface area contributed by atoms with Crippen molar-refractivity contribution in [2.75, 3.05) is 13.9 Å². The predicted octanol–water partition coefficient (Wildman–Crippen LogP) is 2.85. The first kappa shape index (κ1) is 15.9. The normalized spacial score (nSPS) is 13.2. The van der Waals surface area contributed by atoms with Crippen molar-refractivity contribution >= 4 is 11.8 Å². The summed E-state index contributed by atoms with van der Waals surface area (Å²) < 4.78 is 20.7. The van der Waals surface area contributed by atoms with Crippen molar-refractivity contribution in [1.29, 1.82) is 0 Å². The summed E-state index contributed by atoms with van der Waals surface area (Å²) >= 11 is 0. The van der Waals surface area contributed by atoms with Gasteiger partial charge in [0, 0.05) is 5.56 Å². The molecule has 0 N–H and O–H groups in total. The van der Waals surface area contributed by atoms with Crippen LogP contribution in [-0.2, 0) is 4.74 Å². The molecule has 0 unspecified atom stereocenters. The Kier molecular flexibility index (Phi) is 4.37. The molecule has 6 nitrogen and oxygen atoms in total. The van der Waals surface area contributed by atoms with Crippen LogP contribution in [0, 0.1) is 0 Å². The number of esters is 1. The van der Waals surface area contributed by atoms with Gasteiger partial charge in [-0.05, 0) is 49.4 Å². The van der Waals surface area contributed by atoms with Gasteiger partial charge in [0.1, 0.15) is 5.75 Å². The van der Waals surface area contributed by atoms with Gasteiger partial charge in [0.2, 0.25) is 12.6 Å². The van der Waals surface area contributed by atoms with Crippen LogP contribution in [0.2, 0.25) is 0 Å². The van der Waals surface area contributed by atoms with Crippen molar-refractivity contribution < 1.29 is 28.5 Å². The number of fused-ring (bicyclic) bond motifs is 1. The highest BCUT2D eigenvalue weighted by molar-refractivity contribution is 6.01. The lowest BCUT2D eigenvalue weighted by molar-refractivity contribution is 0.0318. The third kappa shape index (κ3) is 3.17. The minimum absolute atomic E-state index is 0.125. The average Bonchev–Trinajstić information content (AvgIpc) is 3.08. The quantitative estimate of drug-likeness (QED) is 0.621. The van der Waals surface area contributed by atoms with Crippen LogP contribution < -0.4 is 14.2 Å². The summed E-state index contributed by atoms with van der Waals surface area (Å²) in [7, 11) is 1.55.